The first-order chi connectivity index (χ1) is 7.81. The molecule has 0 bridgehead atoms. The van der Waals surface area contributed by atoms with Gasteiger partial charge >= 0.3 is 0 Å². The standard InChI is InChI=1S/C15H22ClN/c1-10(2)11-6-12-8-17(5)9-15(3,4)14(12)13(16)7-11/h6-7,10H,8-9H2,1-5H3. The molecule has 0 unspecified atom stereocenters. The van der Waals surface area contributed by atoms with Gasteiger partial charge in [-0.15, -0.1) is 0 Å². The predicted molar refractivity (Wildman–Crippen MR) is 74.9 cm³/mol. The Morgan fingerprint density at radius 2 is 1.94 bits per heavy atom. The first-order valence-electron chi connectivity index (χ1n) is 6.32. The lowest BCUT2D eigenvalue weighted by molar-refractivity contribution is 0.235. The molecular weight excluding hydrogens is 230 g/mol. The lowest BCUT2D eigenvalue weighted by Gasteiger charge is -2.39. The molecule has 0 saturated heterocycles. The van der Waals surface area contributed by atoms with Crippen molar-refractivity contribution in [1.29, 1.82) is 0 Å². The number of hydrogen-bond donors (Lipinski definition) is 0. The predicted octanol–water partition coefficient (Wildman–Crippen LogP) is 4.19. The van der Waals surface area contributed by atoms with Crippen LogP contribution in [0.3, 0.4) is 0 Å². The van der Waals surface area contributed by atoms with Gasteiger partial charge in [-0.3, -0.25) is 0 Å². The van der Waals surface area contributed by atoms with Crippen molar-refractivity contribution in [3.63, 3.8) is 0 Å². The van der Waals surface area contributed by atoms with Crippen LogP contribution in [0.4, 0.5) is 0 Å². The fraction of sp³-hybridized carbons (Fsp3) is 0.600. The summed E-state index contributed by atoms with van der Waals surface area (Å²) >= 11 is 6.51. The highest BCUT2D eigenvalue weighted by Crippen LogP contribution is 2.39. The van der Waals surface area contributed by atoms with Gasteiger partial charge in [0.1, 0.15) is 0 Å². The summed E-state index contributed by atoms with van der Waals surface area (Å²) in [5.41, 5.74) is 4.25. The van der Waals surface area contributed by atoms with Crippen LogP contribution in [-0.4, -0.2) is 18.5 Å². The third kappa shape index (κ3) is 2.36. The average molecular weight is 252 g/mol. The molecule has 1 aliphatic rings. The number of hydrogen-bond acceptors (Lipinski definition) is 1. The van der Waals surface area contributed by atoms with Crippen LogP contribution in [0.5, 0.6) is 0 Å². The van der Waals surface area contributed by atoms with Gasteiger partial charge in [-0.05, 0) is 35.7 Å². The Kier molecular flexibility index (Phi) is 3.26. The van der Waals surface area contributed by atoms with Gasteiger partial charge in [-0.1, -0.05) is 45.4 Å². The molecule has 17 heavy (non-hydrogen) atoms. The molecule has 0 saturated carbocycles. The summed E-state index contributed by atoms with van der Waals surface area (Å²) in [5, 5.41) is 0.948. The van der Waals surface area contributed by atoms with Gasteiger partial charge in [0.2, 0.25) is 0 Å². The van der Waals surface area contributed by atoms with Gasteiger partial charge in [-0.25, -0.2) is 0 Å². The summed E-state index contributed by atoms with van der Waals surface area (Å²) in [6.45, 7) is 11.1. The maximum absolute atomic E-state index is 6.51. The van der Waals surface area contributed by atoms with E-state index in [9.17, 15) is 0 Å². The van der Waals surface area contributed by atoms with E-state index < -0.39 is 0 Å². The fourth-order valence-electron chi connectivity index (χ4n) is 3.00. The summed E-state index contributed by atoms with van der Waals surface area (Å²) in [7, 11) is 2.18. The third-order valence-electron chi connectivity index (χ3n) is 3.64. The average Bonchev–Trinajstić information content (AvgIpc) is 2.13. The Bertz CT molecular complexity index is 435. The Morgan fingerprint density at radius 1 is 1.29 bits per heavy atom. The van der Waals surface area contributed by atoms with E-state index in [0.29, 0.717) is 5.92 Å². The molecule has 0 radical (unpaired) electrons. The van der Waals surface area contributed by atoms with Gasteiger partial charge < -0.3 is 4.90 Å². The van der Waals surface area contributed by atoms with Crippen molar-refractivity contribution >= 4 is 11.6 Å². The Balaban J connectivity index is 2.58. The van der Waals surface area contributed by atoms with E-state index in [1.807, 2.05) is 0 Å². The van der Waals surface area contributed by atoms with Crippen LogP contribution in [0.1, 0.15) is 50.3 Å². The minimum Gasteiger partial charge on any atom is -0.301 e. The molecule has 1 aromatic carbocycles. The number of benzene rings is 1. The smallest absolute Gasteiger partial charge is 0.0450 e. The van der Waals surface area contributed by atoms with E-state index in [-0.39, 0.29) is 5.41 Å². The minimum absolute atomic E-state index is 0.148. The number of nitrogens with zero attached hydrogens (tertiary/aromatic N) is 1. The number of halogens is 1. The summed E-state index contributed by atoms with van der Waals surface area (Å²) < 4.78 is 0. The SMILES string of the molecule is CC(C)c1cc(Cl)c2c(c1)CN(C)CC2(C)C. The summed E-state index contributed by atoms with van der Waals surface area (Å²) in [6.07, 6.45) is 0. The molecule has 0 atom stereocenters. The largest absolute Gasteiger partial charge is 0.301 e. The van der Waals surface area contributed by atoms with Crippen LogP contribution in [0.2, 0.25) is 5.02 Å². The van der Waals surface area contributed by atoms with Gasteiger partial charge in [-0.2, -0.15) is 0 Å². The molecule has 1 aromatic rings. The van der Waals surface area contributed by atoms with E-state index >= 15 is 0 Å². The zero-order valence-electron chi connectivity index (χ0n) is 11.5. The van der Waals surface area contributed by atoms with Crippen LogP contribution < -0.4 is 0 Å². The van der Waals surface area contributed by atoms with Crippen molar-refractivity contribution in [2.45, 2.75) is 45.6 Å². The third-order valence-corrected chi connectivity index (χ3v) is 3.94. The molecule has 1 aliphatic heterocycles. The molecule has 0 N–H and O–H groups in total. The van der Waals surface area contributed by atoms with E-state index in [1.54, 1.807) is 0 Å². The lowest BCUT2D eigenvalue weighted by Crippen LogP contribution is -2.40. The molecule has 0 aliphatic carbocycles. The molecule has 0 spiro atoms. The lowest BCUT2D eigenvalue weighted by atomic mass is 9.77. The summed E-state index contributed by atoms with van der Waals surface area (Å²) in [4.78, 5) is 2.38. The molecule has 0 amide bonds. The van der Waals surface area contributed by atoms with Crippen molar-refractivity contribution in [3.05, 3.63) is 33.8 Å². The van der Waals surface area contributed by atoms with E-state index in [1.165, 1.54) is 16.7 Å². The van der Waals surface area contributed by atoms with Gasteiger partial charge in [0.05, 0.1) is 0 Å². The Morgan fingerprint density at radius 3 is 2.53 bits per heavy atom. The van der Waals surface area contributed by atoms with Crippen LogP contribution in [0.15, 0.2) is 12.1 Å². The highest BCUT2D eigenvalue weighted by Gasteiger charge is 2.32. The zero-order valence-corrected chi connectivity index (χ0v) is 12.2. The topological polar surface area (TPSA) is 3.24 Å². The van der Waals surface area contributed by atoms with E-state index in [2.05, 4.69) is 51.8 Å². The molecule has 2 rings (SSSR count). The molecule has 1 nitrogen and oxygen atoms in total. The Hall–Kier alpha value is -0.530. The van der Waals surface area contributed by atoms with Gasteiger partial charge in [0, 0.05) is 23.5 Å². The van der Waals surface area contributed by atoms with E-state index in [0.717, 1.165) is 18.1 Å². The summed E-state index contributed by atoms with van der Waals surface area (Å²) in [5.74, 6) is 0.535. The molecule has 2 heteroatoms. The Labute approximate surface area is 110 Å². The van der Waals surface area contributed by atoms with Crippen LogP contribution in [0, 0.1) is 0 Å². The quantitative estimate of drug-likeness (QED) is 0.724. The van der Waals surface area contributed by atoms with Crippen molar-refractivity contribution in [2.75, 3.05) is 13.6 Å². The fourth-order valence-corrected chi connectivity index (χ4v) is 3.51. The van der Waals surface area contributed by atoms with Crippen LogP contribution in [-0.2, 0) is 12.0 Å². The second-order valence-electron chi connectivity index (χ2n) is 6.25. The second kappa shape index (κ2) is 4.29. The van der Waals surface area contributed by atoms with Gasteiger partial charge in [0.15, 0.2) is 0 Å². The zero-order chi connectivity index (χ0) is 12.8. The molecule has 1 heterocycles. The van der Waals surface area contributed by atoms with Crippen LogP contribution in [0.25, 0.3) is 0 Å². The molecule has 0 fully saturated rings. The van der Waals surface area contributed by atoms with Crippen molar-refractivity contribution in [1.82, 2.24) is 4.90 Å². The molecule has 0 aromatic heterocycles. The van der Waals surface area contributed by atoms with Crippen molar-refractivity contribution < 1.29 is 0 Å². The molecule has 94 valence electrons. The normalized spacial score (nSPS) is 19.5. The molecular formula is C15H22ClN. The van der Waals surface area contributed by atoms with Gasteiger partial charge in [0.25, 0.3) is 0 Å². The summed E-state index contributed by atoms with van der Waals surface area (Å²) in [6, 6.07) is 4.49. The number of rotatable bonds is 1. The number of fused-ring (bicyclic) bond motifs is 1. The highest BCUT2D eigenvalue weighted by molar-refractivity contribution is 6.31. The minimum atomic E-state index is 0.148. The monoisotopic (exact) mass is 251 g/mol. The first-order valence-corrected chi connectivity index (χ1v) is 6.70. The number of likely N-dealkylation sites (N-methyl/N-ethyl adjacent to an activating group) is 1. The van der Waals surface area contributed by atoms with Crippen molar-refractivity contribution in [2.24, 2.45) is 0 Å². The van der Waals surface area contributed by atoms with Crippen LogP contribution >= 0.6 is 11.6 Å². The second-order valence-corrected chi connectivity index (χ2v) is 6.65. The maximum atomic E-state index is 6.51. The first kappa shape index (κ1) is 12.9. The van der Waals surface area contributed by atoms with Crippen molar-refractivity contribution in [3.8, 4) is 0 Å². The van der Waals surface area contributed by atoms with E-state index in [4.69, 9.17) is 11.6 Å². The highest BCUT2D eigenvalue weighted by atomic mass is 35.5. The maximum Gasteiger partial charge on any atom is 0.0450 e.